The first-order valence-electron chi connectivity index (χ1n) is 4.91. The summed E-state index contributed by atoms with van der Waals surface area (Å²) in [5, 5.41) is 6.69. The molecule has 0 amide bonds. The zero-order chi connectivity index (χ0) is 9.80. The Hall–Kier alpha value is -0.610. The van der Waals surface area contributed by atoms with Gasteiger partial charge in [-0.2, -0.15) is 0 Å². The first kappa shape index (κ1) is 9.93. The number of halogens is 1. The zero-order valence-electron chi connectivity index (χ0n) is 7.96. The Morgan fingerprint density at radius 2 is 2.50 bits per heavy atom. The van der Waals surface area contributed by atoms with Crippen LogP contribution in [-0.4, -0.2) is 24.6 Å². The van der Waals surface area contributed by atoms with Crippen LogP contribution in [0.5, 0.6) is 0 Å². The molecule has 1 aliphatic heterocycles. The minimum Gasteiger partial charge on any atom is -0.370 e. The molecule has 0 spiro atoms. The molecule has 1 aromatic rings. The van der Waals surface area contributed by atoms with Gasteiger partial charge in [0.2, 0.25) is 0 Å². The van der Waals surface area contributed by atoms with Crippen LogP contribution < -0.4 is 10.6 Å². The first-order chi connectivity index (χ1) is 6.84. The number of pyridine rings is 1. The fraction of sp³-hybridized carbons (Fsp3) is 0.500. The molecule has 1 unspecified atom stereocenters. The third-order valence-corrected chi connectivity index (χ3v) is 2.93. The lowest BCUT2D eigenvalue weighted by molar-refractivity contribution is 0.614. The molecule has 1 saturated heterocycles. The summed E-state index contributed by atoms with van der Waals surface area (Å²) in [5.74, 6) is 1.71. The third-order valence-electron chi connectivity index (χ3n) is 2.46. The smallest absolute Gasteiger partial charge is 0.125 e. The van der Waals surface area contributed by atoms with Crippen molar-refractivity contribution in [2.24, 2.45) is 5.92 Å². The van der Waals surface area contributed by atoms with Gasteiger partial charge in [0, 0.05) is 17.2 Å². The maximum Gasteiger partial charge on any atom is 0.125 e. The molecule has 1 aliphatic rings. The molecule has 0 bridgehead atoms. The number of hydrogen-bond donors (Lipinski definition) is 2. The van der Waals surface area contributed by atoms with Crippen molar-refractivity contribution >= 4 is 21.7 Å². The average molecular weight is 256 g/mol. The summed E-state index contributed by atoms with van der Waals surface area (Å²) in [6, 6.07) is 3.99. The largest absolute Gasteiger partial charge is 0.370 e. The predicted molar refractivity (Wildman–Crippen MR) is 61.4 cm³/mol. The van der Waals surface area contributed by atoms with Crippen molar-refractivity contribution in [2.75, 3.05) is 25.0 Å². The van der Waals surface area contributed by atoms with Gasteiger partial charge in [-0.1, -0.05) is 0 Å². The minimum absolute atomic E-state index is 0.750. The molecule has 76 valence electrons. The number of nitrogens with zero attached hydrogens (tertiary/aromatic N) is 1. The monoisotopic (exact) mass is 255 g/mol. The summed E-state index contributed by atoms with van der Waals surface area (Å²) in [7, 11) is 0. The fourth-order valence-electron chi connectivity index (χ4n) is 1.62. The Bertz CT molecular complexity index is 280. The highest BCUT2D eigenvalue weighted by Gasteiger charge is 2.13. The molecule has 14 heavy (non-hydrogen) atoms. The second kappa shape index (κ2) is 4.75. The summed E-state index contributed by atoms with van der Waals surface area (Å²) in [5.41, 5.74) is 0. The zero-order valence-corrected chi connectivity index (χ0v) is 9.55. The lowest BCUT2D eigenvalue weighted by atomic mass is 10.1. The van der Waals surface area contributed by atoms with Crippen LogP contribution in [0.4, 0.5) is 5.82 Å². The number of rotatable bonds is 3. The van der Waals surface area contributed by atoms with Gasteiger partial charge in [-0.05, 0) is 53.5 Å². The summed E-state index contributed by atoms with van der Waals surface area (Å²) in [6.07, 6.45) is 3.08. The van der Waals surface area contributed by atoms with E-state index in [2.05, 4.69) is 31.5 Å². The van der Waals surface area contributed by atoms with Gasteiger partial charge in [-0.25, -0.2) is 4.98 Å². The summed E-state index contributed by atoms with van der Waals surface area (Å²) >= 11 is 3.36. The number of aromatic nitrogens is 1. The van der Waals surface area contributed by atoms with Crippen molar-refractivity contribution in [3.63, 3.8) is 0 Å². The van der Waals surface area contributed by atoms with Crippen molar-refractivity contribution < 1.29 is 0 Å². The molecule has 0 radical (unpaired) electrons. The Morgan fingerprint density at radius 1 is 1.57 bits per heavy atom. The van der Waals surface area contributed by atoms with E-state index in [4.69, 9.17) is 0 Å². The molecule has 4 heteroatoms. The standard InChI is InChI=1S/C10H14BrN3/c11-9-1-2-10(14-7-9)13-6-8-3-4-12-5-8/h1-2,7-8,12H,3-6H2,(H,13,14). The van der Waals surface area contributed by atoms with E-state index in [-0.39, 0.29) is 0 Å². The number of nitrogens with one attached hydrogen (secondary N) is 2. The summed E-state index contributed by atoms with van der Waals surface area (Å²) in [4.78, 5) is 4.26. The van der Waals surface area contributed by atoms with Crippen molar-refractivity contribution in [1.82, 2.24) is 10.3 Å². The van der Waals surface area contributed by atoms with E-state index in [0.29, 0.717) is 0 Å². The van der Waals surface area contributed by atoms with Gasteiger partial charge in [0.05, 0.1) is 0 Å². The molecule has 1 aromatic heterocycles. The van der Waals surface area contributed by atoms with Gasteiger partial charge in [0.1, 0.15) is 5.82 Å². The van der Waals surface area contributed by atoms with Gasteiger partial charge in [-0.3, -0.25) is 0 Å². The molecule has 2 rings (SSSR count). The van der Waals surface area contributed by atoms with Crippen LogP contribution in [-0.2, 0) is 0 Å². The van der Waals surface area contributed by atoms with Crippen LogP contribution in [0.2, 0.25) is 0 Å². The Morgan fingerprint density at radius 3 is 3.14 bits per heavy atom. The third kappa shape index (κ3) is 2.69. The Labute approximate surface area is 92.4 Å². The molecule has 2 heterocycles. The van der Waals surface area contributed by atoms with E-state index in [0.717, 1.165) is 35.8 Å². The van der Waals surface area contributed by atoms with Gasteiger partial charge < -0.3 is 10.6 Å². The lowest BCUT2D eigenvalue weighted by Crippen LogP contribution is -2.17. The van der Waals surface area contributed by atoms with Crippen molar-refractivity contribution in [3.05, 3.63) is 22.8 Å². The van der Waals surface area contributed by atoms with E-state index < -0.39 is 0 Å². The summed E-state index contributed by atoms with van der Waals surface area (Å²) < 4.78 is 1.02. The fourth-order valence-corrected chi connectivity index (χ4v) is 1.85. The molecular weight excluding hydrogens is 242 g/mol. The Kier molecular flexibility index (Phi) is 3.37. The van der Waals surface area contributed by atoms with E-state index in [1.807, 2.05) is 18.3 Å². The van der Waals surface area contributed by atoms with E-state index >= 15 is 0 Å². The number of anilines is 1. The molecule has 0 aromatic carbocycles. The summed E-state index contributed by atoms with van der Waals surface area (Å²) in [6.45, 7) is 3.30. The Balaban J connectivity index is 1.82. The normalized spacial score (nSPS) is 21.1. The average Bonchev–Trinajstić information content (AvgIpc) is 2.70. The van der Waals surface area contributed by atoms with E-state index in [1.165, 1.54) is 6.42 Å². The van der Waals surface area contributed by atoms with E-state index in [1.54, 1.807) is 0 Å². The van der Waals surface area contributed by atoms with Gasteiger partial charge >= 0.3 is 0 Å². The van der Waals surface area contributed by atoms with Crippen LogP contribution in [0, 0.1) is 5.92 Å². The molecule has 1 atom stereocenters. The quantitative estimate of drug-likeness (QED) is 0.866. The van der Waals surface area contributed by atoms with Crippen LogP contribution in [0.3, 0.4) is 0 Å². The molecule has 3 nitrogen and oxygen atoms in total. The van der Waals surface area contributed by atoms with Crippen LogP contribution >= 0.6 is 15.9 Å². The molecular formula is C10H14BrN3. The van der Waals surface area contributed by atoms with Crippen molar-refractivity contribution in [1.29, 1.82) is 0 Å². The van der Waals surface area contributed by atoms with Gasteiger partial charge in [0.15, 0.2) is 0 Å². The first-order valence-corrected chi connectivity index (χ1v) is 5.70. The van der Waals surface area contributed by atoms with Crippen LogP contribution in [0.1, 0.15) is 6.42 Å². The van der Waals surface area contributed by atoms with Gasteiger partial charge in [-0.15, -0.1) is 0 Å². The van der Waals surface area contributed by atoms with Crippen molar-refractivity contribution in [3.8, 4) is 0 Å². The predicted octanol–water partition coefficient (Wildman–Crippen LogP) is 1.87. The second-order valence-electron chi connectivity index (χ2n) is 3.60. The van der Waals surface area contributed by atoms with E-state index in [9.17, 15) is 0 Å². The minimum atomic E-state index is 0.750. The van der Waals surface area contributed by atoms with Gasteiger partial charge in [0.25, 0.3) is 0 Å². The molecule has 0 aliphatic carbocycles. The SMILES string of the molecule is Brc1ccc(NCC2CCNC2)nc1. The maximum absolute atomic E-state index is 4.26. The lowest BCUT2D eigenvalue weighted by Gasteiger charge is -2.10. The molecule has 2 N–H and O–H groups in total. The molecule has 1 fully saturated rings. The molecule has 0 saturated carbocycles. The second-order valence-corrected chi connectivity index (χ2v) is 4.52. The highest BCUT2D eigenvalue weighted by atomic mass is 79.9. The van der Waals surface area contributed by atoms with Crippen LogP contribution in [0.15, 0.2) is 22.8 Å². The van der Waals surface area contributed by atoms with Crippen molar-refractivity contribution in [2.45, 2.75) is 6.42 Å². The highest BCUT2D eigenvalue weighted by Crippen LogP contribution is 2.12. The highest BCUT2D eigenvalue weighted by molar-refractivity contribution is 9.10. The topological polar surface area (TPSA) is 37.0 Å². The number of hydrogen-bond acceptors (Lipinski definition) is 3. The maximum atomic E-state index is 4.26. The van der Waals surface area contributed by atoms with Crippen LogP contribution in [0.25, 0.3) is 0 Å².